The number of carbonyl (C=O) groups is 2. The summed E-state index contributed by atoms with van der Waals surface area (Å²) in [7, 11) is 0. The summed E-state index contributed by atoms with van der Waals surface area (Å²) in [6.45, 7) is 5.28. The third-order valence-corrected chi connectivity index (χ3v) is 2.96. The van der Waals surface area contributed by atoms with E-state index in [0.29, 0.717) is 11.4 Å². The van der Waals surface area contributed by atoms with Crippen molar-refractivity contribution in [1.29, 1.82) is 0 Å². The van der Waals surface area contributed by atoms with E-state index in [4.69, 9.17) is 5.11 Å². The number of rotatable bonds is 3. The van der Waals surface area contributed by atoms with Gasteiger partial charge in [-0.15, -0.1) is 0 Å². The third kappa shape index (κ3) is 2.27. The summed E-state index contributed by atoms with van der Waals surface area (Å²) in [5.41, 5.74) is 3.00. The van der Waals surface area contributed by atoms with Crippen molar-refractivity contribution in [3.63, 3.8) is 0 Å². The maximum absolute atomic E-state index is 11.6. The van der Waals surface area contributed by atoms with Crippen molar-refractivity contribution in [2.24, 2.45) is 0 Å². The fourth-order valence-corrected chi connectivity index (χ4v) is 2.09. The number of nitrogens with zero attached hydrogens (tertiary/aromatic N) is 2. The van der Waals surface area contributed by atoms with Crippen LogP contribution in [0.1, 0.15) is 27.3 Å². The molecule has 1 aromatic carbocycles. The Hall–Kier alpha value is -2.43. The molecule has 0 bridgehead atoms. The van der Waals surface area contributed by atoms with Crippen LogP contribution in [-0.2, 0) is 4.79 Å². The van der Waals surface area contributed by atoms with Gasteiger partial charge in [0.05, 0.1) is 22.6 Å². The highest BCUT2D eigenvalue weighted by Gasteiger charge is 2.24. The van der Waals surface area contributed by atoms with Crippen molar-refractivity contribution in [1.82, 2.24) is 9.78 Å². The zero-order chi connectivity index (χ0) is 14.2. The molecule has 1 heterocycles. The predicted molar refractivity (Wildman–Crippen MR) is 69.7 cm³/mol. The molecule has 2 rings (SSSR count). The molecule has 0 aliphatic rings. The molecule has 0 amide bonds. The van der Waals surface area contributed by atoms with Crippen molar-refractivity contribution < 1.29 is 14.7 Å². The number of aliphatic carboxylic acids is 1. The summed E-state index contributed by atoms with van der Waals surface area (Å²) in [5, 5.41) is 13.1. The second-order valence-corrected chi connectivity index (χ2v) is 4.43. The third-order valence-electron chi connectivity index (χ3n) is 2.96. The first-order valence-corrected chi connectivity index (χ1v) is 5.82. The van der Waals surface area contributed by atoms with Gasteiger partial charge < -0.3 is 5.11 Å². The monoisotopic (exact) mass is 258 g/mol. The van der Waals surface area contributed by atoms with Crippen molar-refractivity contribution in [2.45, 2.75) is 20.8 Å². The molecule has 0 aliphatic heterocycles. The Labute approximate surface area is 110 Å². The fourth-order valence-electron chi connectivity index (χ4n) is 2.09. The number of carboxylic acid groups (broad SMARTS) is 1. The van der Waals surface area contributed by atoms with E-state index < -0.39 is 11.8 Å². The van der Waals surface area contributed by atoms with Gasteiger partial charge in [0.1, 0.15) is 0 Å². The van der Waals surface area contributed by atoms with Gasteiger partial charge in [0.25, 0.3) is 5.78 Å². The van der Waals surface area contributed by atoms with Crippen molar-refractivity contribution in [3.8, 4) is 5.69 Å². The van der Waals surface area contributed by atoms with Crippen LogP contribution in [0.5, 0.6) is 0 Å². The van der Waals surface area contributed by atoms with Gasteiger partial charge in [-0.3, -0.25) is 4.79 Å². The maximum atomic E-state index is 11.6. The maximum Gasteiger partial charge on any atom is 0.377 e. The molecule has 1 N–H and O–H groups in total. The molecule has 0 saturated heterocycles. The van der Waals surface area contributed by atoms with E-state index in [1.165, 1.54) is 0 Å². The van der Waals surface area contributed by atoms with Crippen LogP contribution in [0.4, 0.5) is 0 Å². The Morgan fingerprint density at radius 3 is 2.47 bits per heavy atom. The van der Waals surface area contributed by atoms with Gasteiger partial charge in [0.15, 0.2) is 0 Å². The summed E-state index contributed by atoms with van der Waals surface area (Å²) < 4.78 is 1.60. The Morgan fingerprint density at radius 2 is 1.89 bits per heavy atom. The van der Waals surface area contributed by atoms with Crippen LogP contribution in [0.15, 0.2) is 24.3 Å². The number of aromatic nitrogens is 2. The fraction of sp³-hybridized carbons (Fsp3) is 0.214. The van der Waals surface area contributed by atoms with Gasteiger partial charge in [-0.25, -0.2) is 9.48 Å². The molecule has 5 heteroatoms. The molecular formula is C14H14N2O3. The number of carbonyl (C=O) groups excluding carboxylic acids is 1. The largest absolute Gasteiger partial charge is 0.475 e. The first-order valence-electron chi connectivity index (χ1n) is 5.82. The Kier molecular flexibility index (Phi) is 3.21. The van der Waals surface area contributed by atoms with Crippen LogP contribution in [0.25, 0.3) is 5.69 Å². The summed E-state index contributed by atoms with van der Waals surface area (Å²) in [4.78, 5) is 22.5. The molecule has 2 aromatic rings. The van der Waals surface area contributed by atoms with Gasteiger partial charge in [-0.2, -0.15) is 5.10 Å². The van der Waals surface area contributed by atoms with E-state index in [1.807, 2.05) is 31.2 Å². The van der Waals surface area contributed by atoms with Gasteiger partial charge in [0.2, 0.25) is 0 Å². The second-order valence-electron chi connectivity index (χ2n) is 4.43. The highest BCUT2D eigenvalue weighted by atomic mass is 16.4. The number of hydrogen-bond donors (Lipinski definition) is 1. The molecule has 0 radical (unpaired) electrons. The van der Waals surface area contributed by atoms with Crippen LogP contribution >= 0.6 is 0 Å². The second kappa shape index (κ2) is 4.68. The Morgan fingerprint density at radius 1 is 1.21 bits per heavy atom. The molecule has 0 saturated carbocycles. The minimum absolute atomic E-state index is 0.161. The molecule has 19 heavy (non-hydrogen) atoms. The molecule has 0 fully saturated rings. The molecule has 0 atom stereocenters. The van der Waals surface area contributed by atoms with Gasteiger partial charge in [-0.1, -0.05) is 12.1 Å². The number of ketones is 1. The average molecular weight is 258 g/mol. The van der Waals surface area contributed by atoms with Crippen LogP contribution in [0.2, 0.25) is 0 Å². The SMILES string of the molecule is Cc1cccc(-n2nc(C)c(C(=O)C(=O)O)c2C)c1. The average Bonchev–Trinajstić information content (AvgIpc) is 2.64. The van der Waals surface area contributed by atoms with E-state index in [2.05, 4.69) is 5.10 Å². The summed E-state index contributed by atoms with van der Waals surface area (Å²) >= 11 is 0. The van der Waals surface area contributed by atoms with Crippen LogP contribution in [0.3, 0.4) is 0 Å². The number of aryl methyl sites for hydroxylation is 2. The first-order chi connectivity index (χ1) is 8.91. The van der Waals surface area contributed by atoms with Gasteiger partial charge in [-0.05, 0) is 38.5 Å². The first kappa shape index (κ1) is 13.0. The molecule has 5 nitrogen and oxygen atoms in total. The summed E-state index contributed by atoms with van der Waals surface area (Å²) in [6, 6.07) is 7.63. The van der Waals surface area contributed by atoms with E-state index in [1.54, 1.807) is 18.5 Å². The van der Waals surface area contributed by atoms with Crippen LogP contribution in [-0.4, -0.2) is 26.6 Å². The normalized spacial score (nSPS) is 10.5. The van der Waals surface area contributed by atoms with E-state index >= 15 is 0 Å². The topological polar surface area (TPSA) is 72.2 Å². The lowest BCUT2D eigenvalue weighted by Gasteiger charge is -2.05. The standard InChI is InChI=1S/C14H14N2O3/c1-8-5-4-6-11(7-8)16-10(3)12(9(2)15-16)13(17)14(18)19/h4-7H,1-3H3,(H,18,19). The summed E-state index contributed by atoms with van der Waals surface area (Å²) in [6.07, 6.45) is 0. The zero-order valence-corrected chi connectivity index (χ0v) is 11.0. The summed E-state index contributed by atoms with van der Waals surface area (Å²) in [5.74, 6) is -2.39. The minimum atomic E-state index is -1.46. The van der Waals surface area contributed by atoms with Crippen LogP contribution < -0.4 is 0 Å². The number of Topliss-reactive ketones (excluding diaryl/α,β-unsaturated/α-hetero) is 1. The van der Waals surface area contributed by atoms with E-state index in [-0.39, 0.29) is 5.56 Å². The van der Waals surface area contributed by atoms with Crippen molar-refractivity contribution in [3.05, 3.63) is 46.8 Å². The molecule has 1 aromatic heterocycles. The number of hydrogen-bond acceptors (Lipinski definition) is 3. The number of carboxylic acids is 1. The lowest BCUT2D eigenvalue weighted by atomic mass is 10.1. The number of benzene rings is 1. The van der Waals surface area contributed by atoms with Crippen molar-refractivity contribution >= 4 is 11.8 Å². The molecule has 0 unspecified atom stereocenters. The minimum Gasteiger partial charge on any atom is -0.475 e. The van der Waals surface area contributed by atoms with E-state index in [0.717, 1.165) is 11.3 Å². The molecular weight excluding hydrogens is 244 g/mol. The Bertz CT molecular complexity index is 671. The lowest BCUT2D eigenvalue weighted by molar-refractivity contribution is -0.131. The molecule has 98 valence electrons. The quantitative estimate of drug-likeness (QED) is 0.675. The van der Waals surface area contributed by atoms with E-state index in [9.17, 15) is 9.59 Å². The van der Waals surface area contributed by atoms with Crippen LogP contribution in [0, 0.1) is 20.8 Å². The highest BCUT2D eigenvalue weighted by Crippen LogP contribution is 2.19. The highest BCUT2D eigenvalue weighted by molar-refractivity contribution is 6.40. The Balaban J connectivity index is 2.59. The lowest BCUT2D eigenvalue weighted by Crippen LogP contribution is -2.14. The van der Waals surface area contributed by atoms with Crippen molar-refractivity contribution in [2.75, 3.05) is 0 Å². The predicted octanol–water partition coefficient (Wildman–Crippen LogP) is 2.06. The smallest absolute Gasteiger partial charge is 0.377 e. The molecule has 0 aliphatic carbocycles. The van der Waals surface area contributed by atoms with Gasteiger partial charge in [0, 0.05) is 0 Å². The van der Waals surface area contributed by atoms with Gasteiger partial charge >= 0.3 is 5.97 Å². The molecule has 0 spiro atoms. The zero-order valence-electron chi connectivity index (χ0n) is 11.0.